The van der Waals surface area contributed by atoms with Gasteiger partial charge < -0.3 is 5.11 Å². The van der Waals surface area contributed by atoms with Gasteiger partial charge >= 0.3 is 5.97 Å². The summed E-state index contributed by atoms with van der Waals surface area (Å²) in [5.74, 6) is -0.885. The molecule has 2 atom stereocenters. The molecule has 0 amide bonds. The average Bonchev–Trinajstić information content (AvgIpc) is 2.96. The Balaban J connectivity index is 2.34. The zero-order chi connectivity index (χ0) is 15.6. The summed E-state index contributed by atoms with van der Waals surface area (Å²) < 4.78 is 26.3. The van der Waals surface area contributed by atoms with Crippen LogP contribution in [0.3, 0.4) is 0 Å². The van der Waals surface area contributed by atoms with E-state index in [2.05, 4.69) is 0 Å². The minimum Gasteiger partial charge on any atom is -0.480 e. The Labute approximate surface area is 127 Å². The Bertz CT molecular complexity index is 675. The van der Waals surface area contributed by atoms with E-state index in [0.29, 0.717) is 17.7 Å². The maximum absolute atomic E-state index is 12.6. The summed E-state index contributed by atoms with van der Waals surface area (Å²) in [5.41, 5.74) is 0. The second-order valence-electron chi connectivity index (χ2n) is 5.00. The maximum atomic E-state index is 12.6. The number of nitriles is 1. The first-order chi connectivity index (χ1) is 9.90. The van der Waals surface area contributed by atoms with Gasteiger partial charge in [-0.3, -0.25) is 4.79 Å². The lowest BCUT2D eigenvalue weighted by Gasteiger charge is -2.35. The molecule has 2 rings (SSSR count). The van der Waals surface area contributed by atoms with Crippen molar-refractivity contribution in [2.45, 2.75) is 36.4 Å². The standard InChI is InChI=1S/C13H16N2O4S2/c1-2-9-5-6-15(11(7-9)13(16)17)21(18,19)12-4-3-10(8-14)20-12/h3-4,9,11H,2,5-7H2,1H3,(H,16,17). The fraction of sp³-hybridized carbons (Fsp3) is 0.538. The van der Waals surface area contributed by atoms with Gasteiger partial charge in [0.2, 0.25) is 0 Å². The summed E-state index contributed by atoms with van der Waals surface area (Å²) in [4.78, 5) is 11.7. The highest BCUT2D eigenvalue weighted by Crippen LogP contribution is 2.32. The molecule has 1 N–H and O–H groups in total. The molecule has 114 valence electrons. The summed E-state index contributed by atoms with van der Waals surface area (Å²) in [5, 5.41) is 18.1. The molecule has 0 spiro atoms. The molecule has 1 aliphatic rings. The molecule has 1 aromatic rings. The van der Waals surface area contributed by atoms with Gasteiger partial charge in [0.05, 0.1) is 0 Å². The molecular formula is C13H16N2O4S2. The zero-order valence-electron chi connectivity index (χ0n) is 11.5. The van der Waals surface area contributed by atoms with Gasteiger partial charge in [0.25, 0.3) is 10.0 Å². The Morgan fingerprint density at radius 3 is 2.81 bits per heavy atom. The predicted octanol–water partition coefficient (Wildman–Crippen LogP) is 1.88. The Morgan fingerprint density at radius 2 is 2.29 bits per heavy atom. The van der Waals surface area contributed by atoms with Crippen LogP contribution < -0.4 is 0 Å². The van der Waals surface area contributed by atoms with E-state index in [1.807, 2.05) is 13.0 Å². The summed E-state index contributed by atoms with van der Waals surface area (Å²) in [6.45, 7) is 2.18. The van der Waals surface area contributed by atoms with Crippen LogP contribution in [-0.2, 0) is 14.8 Å². The highest BCUT2D eigenvalue weighted by molar-refractivity contribution is 7.91. The van der Waals surface area contributed by atoms with E-state index in [4.69, 9.17) is 5.26 Å². The van der Waals surface area contributed by atoms with Crippen molar-refractivity contribution < 1.29 is 18.3 Å². The quantitative estimate of drug-likeness (QED) is 0.910. The van der Waals surface area contributed by atoms with E-state index in [0.717, 1.165) is 22.1 Å². The molecule has 0 aromatic carbocycles. The summed E-state index contributed by atoms with van der Waals surface area (Å²) >= 11 is 0.870. The number of hydrogen-bond acceptors (Lipinski definition) is 5. The van der Waals surface area contributed by atoms with Gasteiger partial charge in [-0.05, 0) is 30.9 Å². The van der Waals surface area contributed by atoms with Crippen molar-refractivity contribution in [1.82, 2.24) is 4.31 Å². The molecule has 2 heterocycles. The van der Waals surface area contributed by atoms with Crippen LogP contribution in [0, 0.1) is 17.2 Å². The van der Waals surface area contributed by atoms with Crippen molar-refractivity contribution in [3.05, 3.63) is 17.0 Å². The maximum Gasteiger partial charge on any atom is 0.322 e. The van der Waals surface area contributed by atoms with Crippen LogP contribution in [0.15, 0.2) is 16.3 Å². The molecule has 1 aliphatic heterocycles. The van der Waals surface area contributed by atoms with Crippen LogP contribution in [0.2, 0.25) is 0 Å². The Morgan fingerprint density at radius 1 is 1.57 bits per heavy atom. The number of sulfonamides is 1. The lowest BCUT2D eigenvalue weighted by atomic mass is 9.90. The number of aliphatic carboxylic acids is 1. The molecule has 0 bridgehead atoms. The molecule has 1 fully saturated rings. The number of carboxylic acids is 1. The predicted molar refractivity (Wildman–Crippen MR) is 77.4 cm³/mol. The van der Waals surface area contributed by atoms with E-state index >= 15 is 0 Å². The van der Waals surface area contributed by atoms with E-state index in [1.165, 1.54) is 12.1 Å². The number of carbonyl (C=O) groups is 1. The minimum absolute atomic E-state index is 0.0280. The van der Waals surface area contributed by atoms with Gasteiger partial charge in [0.15, 0.2) is 0 Å². The molecule has 0 radical (unpaired) electrons. The molecule has 8 heteroatoms. The number of rotatable bonds is 4. The molecule has 0 saturated carbocycles. The fourth-order valence-corrected chi connectivity index (χ4v) is 5.37. The summed E-state index contributed by atoms with van der Waals surface area (Å²) in [7, 11) is -3.86. The third kappa shape index (κ3) is 3.10. The molecule has 1 aromatic heterocycles. The highest BCUT2D eigenvalue weighted by atomic mass is 32.2. The third-order valence-corrected chi connectivity index (χ3v) is 7.14. The fourth-order valence-electron chi connectivity index (χ4n) is 2.53. The normalized spacial score (nSPS) is 23.6. The minimum atomic E-state index is -3.86. The molecule has 0 aliphatic carbocycles. The van der Waals surface area contributed by atoms with E-state index in [1.54, 1.807) is 0 Å². The first-order valence-corrected chi connectivity index (χ1v) is 8.90. The van der Waals surface area contributed by atoms with Crippen molar-refractivity contribution >= 4 is 27.3 Å². The number of carboxylic acid groups (broad SMARTS) is 1. The highest BCUT2D eigenvalue weighted by Gasteiger charge is 2.40. The van der Waals surface area contributed by atoms with Crippen LogP contribution >= 0.6 is 11.3 Å². The lowest BCUT2D eigenvalue weighted by molar-refractivity contribution is -0.143. The molecular weight excluding hydrogens is 312 g/mol. The molecule has 1 saturated heterocycles. The Hall–Kier alpha value is -1.43. The Kier molecular flexibility index (Phi) is 4.66. The summed E-state index contributed by atoms with van der Waals surface area (Å²) in [6.07, 6.45) is 1.84. The van der Waals surface area contributed by atoms with Crippen LogP contribution in [0.25, 0.3) is 0 Å². The largest absolute Gasteiger partial charge is 0.480 e. The summed E-state index contributed by atoms with van der Waals surface area (Å²) in [6, 6.07) is 3.67. The number of hydrogen-bond donors (Lipinski definition) is 1. The first kappa shape index (κ1) is 15.9. The number of nitrogens with zero attached hydrogens (tertiary/aromatic N) is 2. The van der Waals surface area contributed by atoms with E-state index in [9.17, 15) is 18.3 Å². The topological polar surface area (TPSA) is 98.5 Å². The number of thiophene rings is 1. The zero-order valence-corrected chi connectivity index (χ0v) is 13.2. The van der Waals surface area contributed by atoms with Gasteiger partial charge in [-0.25, -0.2) is 8.42 Å². The van der Waals surface area contributed by atoms with Crippen LogP contribution in [0.4, 0.5) is 0 Å². The van der Waals surface area contributed by atoms with Gasteiger partial charge in [-0.2, -0.15) is 9.57 Å². The lowest BCUT2D eigenvalue weighted by Crippen LogP contribution is -2.49. The SMILES string of the molecule is CCC1CCN(S(=O)(=O)c2ccc(C#N)s2)C(C(=O)O)C1. The van der Waals surface area contributed by atoms with E-state index in [-0.39, 0.29) is 16.7 Å². The van der Waals surface area contributed by atoms with Crippen molar-refractivity contribution in [3.63, 3.8) is 0 Å². The van der Waals surface area contributed by atoms with Gasteiger partial charge in [0.1, 0.15) is 21.2 Å². The van der Waals surface area contributed by atoms with Gasteiger partial charge in [-0.1, -0.05) is 13.3 Å². The van der Waals surface area contributed by atoms with Crippen molar-refractivity contribution in [2.75, 3.05) is 6.54 Å². The average molecular weight is 328 g/mol. The van der Waals surface area contributed by atoms with Crippen molar-refractivity contribution in [3.8, 4) is 6.07 Å². The van der Waals surface area contributed by atoms with Crippen molar-refractivity contribution in [2.24, 2.45) is 5.92 Å². The first-order valence-electron chi connectivity index (χ1n) is 6.64. The van der Waals surface area contributed by atoms with Crippen LogP contribution in [0.5, 0.6) is 0 Å². The monoisotopic (exact) mass is 328 g/mol. The number of piperidine rings is 1. The molecule has 2 unspecified atom stereocenters. The smallest absolute Gasteiger partial charge is 0.322 e. The van der Waals surface area contributed by atoms with E-state index < -0.39 is 22.0 Å². The third-order valence-electron chi connectivity index (χ3n) is 3.78. The second kappa shape index (κ2) is 6.13. The van der Waals surface area contributed by atoms with Crippen LogP contribution in [0.1, 0.15) is 31.1 Å². The molecule has 21 heavy (non-hydrogen) atoms. The van der Waals surface area contributed by atoms with Gasteiger partial charge in [-0.15, -0.1) is 11.3 Å². The second-order valence-corrected chi connectivity index (χ2v) is 8.20. The van der Waals surface area contributed by atoms with Crippen LogP contribution in [-0.4, -0.2) is 36.4 Å². The molecule has 6 nitrogen and oxygen atoms in total. The van der Waals surface area contributed by atoms with Gasteiger partial charge in [0, 0.05) is 6.54 Å². The van der Waals surface area contributed by atoms with Crippen molar-refractivity contribution in [1.29, 1.82) is 5.26 Å².